The van der Waals surface area contributed by atoms with Gasteiger partial charge in [0.15, 0.2) is 0 Å². The van der Waals surface area contributed by atoms with E-state index >= 15 is 0 Å². The second-order valence-corrected chi connectivity index (χ2v) is 11.7. The van der Waals surface area contributed by atoms with Gasteiger partial charge >= 0.3 is 0 Å². The number of ether oxygens (including phenoxy) is 2. The van der Waals surface area contributed by atoms with Gasteiger partial charge in [-0.05, 0) is 68.3 Å². The molecule has 0 saturated heterocycles. The van der Waals surface area contributed by atoms with E-state index in [9.17, 15) is 18.0 Å². The monoisotopic (exact) mass is 601 g/mol. The molecule has 0 aromatic heterocycles. The molecule has 0 bridgehead atoms. The lowest BCUT2D eigenvalue weighted by atomic mass is 10.1. The molecule has 220 valence electrons. The molecule has 0 aliphatic rings. The van der Waals surface area contributed by atoms with Gasteiger partial charge in [-0.1, -0.05) is 48.4 Å². The normalized spacial score (nSPS) is 11.9. The molecule has 0 spiro atoms. The summed E-state index contributed by atoms with van der Waals surface area (Å²) in [6, 6.07) is 17.1. The number of anilines is 1. The predicted molar refractivity (Wildman–Crippen MR) is 160 cm³/mol. The summed E-state index contributed by atoms with van der Waals surface area (Å²) >= 11 is 6.36. The fourth-order valence-electron chi connectivity index (χ4n) is 4.08. The molecule has 0 heterocycles. The first-order valence-electron chi connectivity index (χ1n) is 13.1. The van der Waals surface area contributed by atoms with Gasteiger partial charge in [-0.3, -0.25) is 13.9 Å². The zero-order valence-electron chi connectivity index (χ0n) is 23.9. The number of nitrogens with one attached hydrogen (secondary N) is 1. The molecule has 3 aromatic rings. The van der Waals surface area contributed by atoms with Crippen molar-refractivity contribution in [1.82, 2.24) is 10.2 Å². The Hall–Kier alpha value is -3.76. The van der Waals surface area contributed by atoms with Gasteiger partial charge in [0, 0.05) is 13.1 Å². The van der Waals surface area contributed by atoms with E-state index in [1.807, 2.05) is 13.8 Å². The summed E-state index contributed by atoms with van der Waals surface area (Å²) in [5, 5.41) is 3.01. The van der Waals surface area contributed by atoms with Crippen molar-refractivity contribution in [3.05, 3.63) is 82.9 Å². The number of sulfonamides is 1. The average Bonchev–Trinajstić information content (AvgIpc) is 2.97. The predicted octanol–water partition coefficient (Wildman–Crippen LogP) is 4.80. The number of halogens is 1. The van der Waals surface area contributed by atoms with Crippen LogP contribution >= 0.6 is 11.6 Å². The number of hydrogen-bond acceptors (Lipinski definition) is 6. The second kappa shape index (κ2) is 14.2. The van der Waals surface area contributed by atoms with Crippen molar-refractivity contribution in [3.63, 3.8) is 0 Å². The Kier molecular flexibility index (Phi) is 11.0. The van der Waals surface area contributed by atoms with E-state index in [0.29, 0.717) is 18.0 Å². The highest BCUT2D eigenvalue weighted by atomic mass is 35.5. The molecule has 0 saturated carbocycles. The molecule has 11 heteroatoms. The molecule has 1 N–H and O–H groups in total. The number of aryl methyl sites for hydroxylation is 1. The largest absolute Gasteiger partial charge is 0.497 e. The van der Waals surface area contributed by atoms with Crippen molar-refractivity contribution in [2.45, 2.75) is 44.7 Å². The van der Waals surface area contributed by atoms with E-state index in [2.05, 4.69) is 5.32 Å². The number of benzene rings is 3. The molecule has 0 fully saturated rings. The first kappa shape index (κ1) is 31.8. The van der Waals surface area contributed by atoms with Gasteiger partial charge in [0.1, 0.15) is 24.1 Å². The number of nitrogens with zero attached hydrogens (tertiary/aromatic N) is 2. The Morgan fingerprint density at radius 3 is 2.20 bits per heavy atom. The van der Waals surface area contributed by atoms with Crippen molar-refractivity contribution >= 4 is 39.1 Å². The van der Waals surface area contributed by atoms with Crippen LogP contribution in [-0.4, -0.2) is 58.5 Å². The van der Waals surface area contributed by atoms with Crippen molar-refractivity contribution in [2.24, 2.45) is 0 Å². The summed E-state index contributed by atoms with van der Waals surface area (Å²) in [6.07, 6.45) is 0.728. The highest BCUT2D eigenvalue weighted by Gasteiger charge is 2.32. The molecule has 0 aliphatic heterocycles. The van der Waals surface area contributed by atoms with E-state index in [0.717, 1.165) is 21.9 Å². The van der Waals surface area contributed by atoms with Gasteiger partial charge in [0.05, 0.1) is 29.8 Å². The van der Waals surface area contributed by atoms with Crippen LogP contribution in [0.2, 0.25) is 5.02 Å². The van der Waals surface area contributed by atoms with E-state index in [1.165, 1.54) is 42.3 Å². The highest BCUT2D eigenvalue weighted by molar-refractivity contribution is 7.92. The Morgan fingerprint density at radius 2 is 1.63 bits per heavy atom. The maximum absolute atomic E-state index is 14.0. The minimum absolute atomic E-state index is 0.0123. The van der Waals surface area contributed by atoms with Crippen LogP contribution in [0.25, 0.3) is 0 Å². The lowest BCUT2D eigenvalue weighted by Crippen LogP contribution is -2.51. The minimum atomic E-state index is -4.21. The zero-order chi connectivity index (χ0) is 30.2. The third-order valence-electron chi connectivity index (χ3n) is 6.54. The van der Waals surface area contributed by atoms with Crippen molar-refractivity contribution < 1.29 is 27.5 Å². The number of amides is 2. The van der Waals surface area contributed by atoms with E-state index in [1.54, 1.807) is 50.4 Å². The zero-order valence-corrected chi connectivity index (χ0v) is 25.5. The van der Waals surface area contributed by atoms with Gasteiger partial charge in [-0.25, -0.2) is 8.42 Å². The summed E-state index contributed by atoms with van der Waals surface area (Å²) in [4.78, 5) is 28.3. The summed E-state index contributed by atoms with van der Waals surface area (Å²) < 4.78 is 39.3. The first-order chi connectivity index (χ1) is 19.5. The molecule has 3 rings (SSSR count). The van der Waals surface area contributed by atoms with Crippen LogP contribution in [0.4, 0.5) is 5.69 Å². The molecule has 3 aromatic carbocycles. The Balaban J connectivity index is 2.05. The van der Waals surface area contributed by atoms with Gasteiger partial charge in [0.2, 0.25) is 11.8 Å². The third-order valence-corrected chi connectivity index (χ3v) is 8.62. The van der Waals surface area contributed by atoms with Crippen LogP contribution in [0.15, 0.2) is 71.6 Å². The maximum Gasteiger partial charge on any atom is 0.264 e. The van der Waals surface area contributed by atoms with E-state index in [-0.39, 0.29) is 28.1 Å². The third kappa shape index (κ3) is 7.92. The van der Waals surface area contributed by atoms with E-state index in [4.69, 9.17) is 21.1 Å². The fraction of sp³-hybridized carbons (Fsp3) is 0.333. The number of methoxy groups -OCH3 is 2. The molecule has 0 aliphatic carbocycles. The van der Waals surface area contributed by atoms with Crippen LogP contribution in [0, 0.1) is 6.92 Å². The highest BCUT2D eigenvalue weighted by Crippen LogP contribution is 2.32. The Bertz CT molecular complexity index is 1450. The summed E-state index contributed by atoms with van der Waals surface area (Å²) in [7, 11) is -1.20. The molecule has 1 unspecified atom stereocenters. The van der Waals surface area contributed by atoms with Crippen LogP contribution in [-0.2, 0) is 26.2 Å². The van der Waals surface area contributed by atoms with Crippen LogP contribution in [0.5, 0.6) is 11.5 Å². The quantitative estimate of drug-likeness (QED) is 0.302. The van der Waals surface area contributed by atoms with Crippen molar-refractivity contribution in [2.75, 3.05) is 31.6 Å². The molecule has 0 radical (unpaired) electrons. The molecule has 2 amide bonds. The van der Waals surface area contributed by atoms with E-state index < -0.39 is 28.5 Å². The average molecular weight is 602 g/mol. The van der Waals surface area contributed by atoms with Gasteiger partial charge < -0.3 is 19.7 Å². The van der Waals surface area contributed by atoms with Gasteiger partial charge in [-0.2, -0.15) is 0 Å². The molecule has 41 heavy (non-hydrogen) atoms. The standard InChI is InChI=1S/C30H36ClN3O6S/c1-6-17-32-30(36)22(3)33(19-23-9-12-25(39-4)13-10-23)29(35)20-34(24-11-16-28(40-5)27(31)18-24)41(37,38)26-14-7-21(2)8-15-26/h7-16,18,22H,6,17,19-20H2,1-5H3,(H,32,36). The van der Waals surface area contributed by atoms with Crippen molar-refractivity contribution in [3.8, 4) is 11.5 Å². The Labute approximate surface area is 247 Å². The van der Waals surface area contributed by atoms with Crippen LogP contribution < -0.4 is 19.1 Å². The van der Waals surface area contributed by atoms with Crippen LogP contribution in [0.1, 0.15) is 31.4 Å². The molecule has 1 atom stereocenters. The maximum atomic E-state index is 14.0. The lowest BCUT2D eigenvalue weighted by Gasteiger charge is -2.32. The molecule has 9 nitrogen and oxygen atoms in total. The summed E-state index contributed by atoms with van der Waals surface area (Å²) in [6.45, 7) is 5.36. The smallest absolute Gasteiger partial charge is 0.264 e. The molecular formula is C30H36ClN3O6S. The Morgan fingerprint density at radius 1 is 0.976 bits per heavy atom. The summed E-state index contributed by atoms with van der Waals surface area (Å²) in [5.74, 6) is 0.0978. The second-order valence-electron chi connectivity index (χ2n) is 9.48. The minimum Gasteiger partial charge on any atom is -0.497 e. The SMILES string of the molecule is CCCNC(=O)C(C)N(Cc1ccc(OC)cc1)C(=O)CN(c1ccc(OC)c(Cl)c1)S(=O)(=O)c1ccc(C)cc1. The van der Waals surface area contributed by atoms with Gasteiger partial charge in [0.25, 0.3) is 10.0 Å². The topological polar surface area (TPSA) is 105 Å². The number of rotatable bonds is 13. The summed E-state index contributed by atoms with van der Waals surface area (Å²) in [5.41, 5.74) is 1.81. The van der Waals surface area contributed by atoms with Crippen molar-refractivity contribution in [1.29, 1.82) is 0 Å². The van der Waals surface area contributed by atoms with Gasteiger partial charge in [-0.15, -0.1) is 0 Å². The first-order valence-corrected chi connectivity index (χ1v) is 15.0. The number of carbonyl (C=O) groups excluding carboxylic acids is 2. The number of hydrogen-bond donors (Lipinski definition) is 1. The number of carbonyl (C=O) groups is 2. The molecular weight excluding hydrogens is 566 g/mol. The lowest BCUT2D eigenvalue weighted by molar-refractivity contribution is -0.139. The fourth-order valence-corrected chi connectivity index (χ4v) is 5.74. The van der Waals surface area contributed by atoms with Crippen LogP contribution in [0.3, 0.4) is 0 Å².